The fraction of sp³-hybridized carbons (Fsp3) is 0.154. The largest absolute Gasteiger partial charge is 0.497 e. The molecule has 0 saturated heterocycles. The summed E-state index contributed by atoms with van der Waals surface area (Å²) in [4.78, 5) is 25.4. The average Bonchev–Trinajstić information content (AvgIpc) is 3.24. The molecule has 5 aromatic rings. The molecule has 2 heterocycles. The SMILES string of the molecule is COc1cccc(NC(=O)CSc2nnc(Cn3c4ccccc4c(=O)c4ccccc43)n2C)c1. The van der Waals surface area contributed by atoms with Crippen molar-refractivity contribution in [1.29, 1.82) is 0 Å². The molecule has 5 rings (SSSR count). The molecule has 0 aliphatic heterocycles. The highest BCUT2D eigenvalue weighted by Gasteiger charge is 2.15. The monoisotopic (exact) mass is 485 g/mol. The third-order valence-corrected chi connectivity index (χ3v) is 6.81. The van der Waals surface area contributed by atoms with Crippen molar-refractivity contribution in [3.8, 4) is 5.75 Å². The summed E-state index contributed by atoms with van der Waals surface area (Å²) < 4.78 is 9.16. The molecule has 1 N–H and O–H groups in total. The molecule has 0 bridgehead atoms. The lowest BCUT2D eigenvalue weighted by Gasteiger charge is -2.15. The number of ether oxygens (including phenoxy) is 1. The van der Waals surface area contributed by atoms with Gasteiger partial charge in [0.2, 0.25) is 5.91 Å². The van der Waals surface area contributed by atoms with Crippen molar-refractivity contribution in [3.05, 3.63) is 88.8 Å². The van der Waals surface area contributed by atoms with Crippen molar-refractivity contribution < 1.29 is 9.53 Å². The first-order valence-corrected chi connectivity index (χ1v) is 12.0. The smallest absolute Gasteiger partial charge is 0.234 e. The van der Waals surface area contributed by atoms with Gasteiger partial charge in [0.15, 0.2) is 16.4 Å². The van der Waals surface area contributed by atoms with Crippen molar-refractivity contribution in [3.63, 3.8) is 0 Å². The third-order valence-electron chi connectivity index (χ3n) is 5.79. The van der Waals surface area contributed by atoms with Crippen LogP contribution in [0.1, 0.15) is 5.82 Å². The normalized spacial score (nSPS) is 11.1. The van der Waals surface area contributed by atoms with Crippen molar-refractivity contribution in [2.24, 2.45) is 7.05 Å². The van der Waals surface area contributed by atoms with Gasteiger partial charge in [-0.25, -0.2) is 0 Å². The summed E-state index contributed by atoms with van der Waals surface area (Å²) in [6.45, 7) is 0.432. The Morgan fingerprint density at radius 3 is 2.34 bits per heavy atom. The molecule has 8 nitrogen and oxygen atoms in total. The lowest BCUT2D eigenvalue weighted by atomic mass is 10.1. The van der Waals surface area contributed by atoms with Crippen LogP contribution in [0.25, 0.3) is 21.8 Å². The average molecular weight is 486 g/mol. The van der Waals surface area contributed by atoms with Gasteiger partial charge >= 0.3 is 0 Å². The molecule has 0 aliphatic carbocycles. The van der Waals surface area contributed by atoms with Gasteiger partial charge in [-0.15, -0.1) is 10.2 Å². The first-order chi connectivity index (χ1) is 17.0. The van der Waals surface area contributed by atoms with Gasteiger partial charge in [0, 0.05) is 29.6 Å². The maximum Gasteiger partial charge on any atom is 0.234 e. The van der Waals surface area contributed by atoms with E-state index in [9.17, 15) is 9.59 Å². The lowest BCUT2D eigenvalue weighted by Crippen LogP contribution is -2.15. The number of nitrogens with one attached hydrogen (secondary N) is 1. The van der Waals surface area contributed by atoms with Crippen LogP contribution in [-0.2, 0) is 18.4 Å². The number of para-hydroxylation sites is 2. The Bertz CT molecular complexity index is 1550. The molecule has 176 valence electrons. The molecule has 0 saturated carbocycles. The fourth-order valence-electron chi connectivity index (χ4n) is 4.03. The molecule has 0 aliphatic rings. The van der Waals surface area contributed by atoms with Gasteiger partial charge in [0.05, 0.1) is 30.4 Å². The minimum Gasteiger partial charge on any atom is -0.497 e. The summed E-state index contributed by atoms with van der Waals surface area (Å²) in [6, 6.07) is 22.4. The lowest BCUT2D eigenvalue weighted by molar-refractivity contribution is -0.113. The molecule has 35 heavy (non-hydrogen) atoms. The number of amides is 1. The highest BCUT2D eigenvalue weighted by molar-refractivity contribution is 7.99. The second kappa shape index (κ2) is 9.63. The quantitative estimate of drug-likeness (QED) is 0.276. The van der Waals surface area contributed by atoms with Gasteiger partial charge in [-0.1, -0.05) is 42.1 Å². The van der Waals surface area contributed by atoms with E-state index in [0.717, 1.165) is 16.9 Å². The number of pyridine rings is 1. The number of carbonyl (C=O) groups is 1. The van der Waals surface area contributed by atoms with Gasteiger partial charge < -0.3 is 19.2 Å². The van der Waals surface area contributed by atoms with Crippen LogP contribution in [0.15, 0.2) is 82.7 Å². The second-order valence-electron chi connectivity index (χ2n) is 7.98. The summed E-state index contributed by atoms with van der Waals surface area (Å²) in [5.41, 5.74) is 2.37. The van der Waals surface area contributed by atoms with E-state index >= 15 is 0 Å². The number of hydrogen-bond donors (Lipinski definition) is 1. The number of nitrogens with zero attached hydrogens (tertiary/aromatic N) is 4. The van der Waals surface area contributed by atoms with E-state index in [0.29, 0.717) is 33.9 Å². The molecule has 0 radical (unpaired) electrons. The standard InChI is InChI=1S/C26H23N5O3S/c1-30-23(28-29-26(30)35-16-24(32)27-17-8-7-9-18(14-17)34-2)15-31-21-12-5-3-10-19(21)25(33)20-11-4-6-13-22(20)31/h3-14H,15-16H2,1-2H3,(H,27,32). The van der Waals surface area contributed by atoms with Gasteiger partial charge in [-0.05, 0) is 36.4 Å². The topological polar surface area (TPSA) is 91.0 Å². The molecule has 3 aromatic carbocycles. The fourth-order valence-corrected chi connectivity index (χ4v) is 4.76. The number of benzene rings is 3. The molecule has 0 fully saturated rings. The van der Waals surface area contributed by atoms with Gasteiger partial charge in [-0.2, -0.15) is 0 Å². The van der Waals surface area contributed by atoms with E-state index in [-0.39, 0.29) is 17.1 Å². The van der Waals surface area contributed by atoms with Crippen LogP contribution < -0.4 is 15.5 Å². The number of aromatic nitrogens is 4. The predicted molar refractivity (Wildman–Crippen MR) is 138 cm³/mol. The van der Waals surface area contributed by atoms with Crippen molar-refractivity contribution in [2.75, 3.05) is 18.2 Å². The molecule has 9 heteroatoms. The minimum atomic E-state index is -0.148. The summed E-state index contributed by atoms with van der Waals surface area (Å²) in [7, 11) is 3.46. The molecule has 2 aromatic heterocycles. The maximum atomic E-state index is 13.0. The molecular weight excluding hydrogens is 462 g/mol. The highest BCUT2D eigenvalue weighted by Crippen LogP contribution is 2.22. The minimum absolute atomic E-state index is 0.0173. The first-order valence-electron chi connectivity index (χ1n) is 11.0. The maximum absolute atomic E-state index is 13.0. The number of methoxy groups -OCH3 is 1. The summed E-state index contributed by atoms with van der Waals surface area (Å²) in [5.74, 6) is 1.44. The number of carbonyl (C=O) groups excluding carboxylic acids is 1. The first kappa shape index (κ1) is 22.7. The van der Waals surface area contributed by atoms with Crippen molar-refractivity contribution in [1.82, 2.24) is 19.3 Å². The Kier molecular flexibility index (Phi) is 6.24. The van der Waals surface area contributed by atoms with E-state index < -0.39 is 0 Å². The number of fused-ring (bicyclic) bond motifs is 2. The van der Waals surface area contributed by atoms with Crippen LogP contribution in [0.4, 0.5) is 5.69 Å². The highest BCUT2D eigenvalue weighted by atomic mass is 32.2. The van der Waals surface area contributed by atoms with E-state index in [1.54, 1.807) is 13.2 Å². The van der Waals surface area contributed by atoms with Crippen LogP contribution in [0.5, 0.6) is 5.75 Å². The van der Waals surface area contributed by atoms with Crippen molar-refractivity contribution in [2.45, 2.75) is 11.7 Å². The van der Waals surface area contributed by atoms with Crippen LogP contribution in [0, 0.1) is 0 Å². The van der Waals surface area contributed by atoms with E-state index in [1.807, 2.05) is 78.3 Å². The van der Waals surface area contributed by atoms with E-state index in [4.69, 9.17) is 4.74 Å². The van der Waals surface area contributed by atoms with Gasteiger partial charge in [-0.3, -0.25) is 9.59 Å². The Hall–Kier alpha value is -4.11. The number of thioether (sulfide) groups is 1. The van der Waals surface area contributed by atoms with E-state index in [1.165, 1.54) is 11.8 Å². The predicted octanol–water partition coefficient (Wildman–Crippen LogP) is 4.07. The Labute approximate surface area is 205 Å². The zero-order valence-electron chi connectivity index (χ0n) is 19.3. The number of hydrogen-bond acceptors (Lipinski definition) is 6. The summed E-state index contributed by atoms with van der Waals surface area (Å²) >= 11 is 1.31. The third kappa shape index (κ3) is 4.50. The number of rotatable bonds is 7. The Morgan fingerprint density at radius 2 is 1.66 bits per heavy atom. The molecule has 1 amide bonds. The second-order valence-corrected chi connectivity index (χ2v) is 8.92. The zero-order chi connectivity index (χ0) is 24.4. The van der Waals surface area contributed by atoms with E-state index in [2.05, 4.69) is 20.1 Å². The molecular formula is C26H23N5O3S. The molecule has 0 unspecified atom stereocenters. The van der Waals surface area contributed by atoms with Gasteiger partial charge in [0.1, 0.15) is 5.75 Å². The zero-order valence-corrected chi connectivity index (χ0v) is 20.1. The molecule has 0 spiro atoms. The number of anilines is 1. The van der Waals surface area contributed by atoms with Gasteiger partial charge in [0.25, 0.3) is 0 Å². The van der Waals surface area contributed by atoms with Crippen LogP contribution in [0.3, 0.4) is 0 Å². The Balaban J connectivity index is 1.37. The summed E-state index contributed by atoms with van der Waals surface area (Å²) in [5, 5.41) is 13.5. The van der Waals surface area contributed by atoms with Crippen LogP contribution >= 0.6 is 11.8 Å². The molecule has 0 atom stereocenters. The van der Waals surface area contributed by atoms with Crippen LogP contribution in [-0.4, -0.2) is 38.1 Å². The summed E-state index contributed by atoms with van der Waals surface area (Å²) in [6.07, 6.45) is 0. The van der Waals surface area contributed by atoms with Crippen LogP contribution in [0.2, 0.25) is 0 Å². The Morgan fingerprint density at radius 1 is 0.971 bits per heavy atom. The van der Waals surface area contributed by atoms with Crippen molar-refractivity contribution >= 4 is 45.2 Å².